The van der Waals surface area contributed by atoms with Gasteiger partial charge in [-0.3, -0.25) is 9.59 Å². The zero-order chi connectivity index (χ0) is 16.7. The predicted molar refractivity (Wildman–Crippen MR) is 84.6 cm³/mol. The molecule has 2 aromatic heterocycles. The lowest BCUT2D eigenvalue weighted by Crippen LogP contribution is -2.18. The zero-order valence-corrected chi connectivity index (χ0v) is 13.9. The SMILES string of the molecule is Cc1coc(C(=O)c2c(C)cc3n2CCC3C(=O)OC(C)C)c1. The second kappa shape index (κ2) is 5.72. The van der Waals surface area contributed by atoms with E-state index >= 15 is 0 Å². The highest BCUT2D eigenvalue weighted by Crippen LogP contribution is 2.34. The fraction of sp³-hybridized carbons (Fsp3) is 0.444. The van der Waals surface area contributed by atoms with E-state index in [1.54, 1.807) is 12.3 Å². The fourth-order valence-corrected chi connectivity index (χ4v) is 3.17. The number of carbonyl (C=O) groups is 2. The molecule has 0 N–H and O–H groups in total. The van der Waals surface area contributed by atoms with Gasteiger partial charge in [-0.2, -0.15) is 0 Å². The van der Waals surface area contributed by atoms with E-state index in [1.807, 2.05) is 38.3 Å². The minimum atomic E-state index is -0.295. The normalized spacial score (nSPS) is 16.7. The number of nitrogens with zero attached hydrogens (tertiary/aromatic N) is 1. The summed E-state index contributed by atoms with van der Waals surface area (Å²) in [5.74, 6) is -0.320. The Bertz CT molecular complexity index is 766. The molecule has 1 aliphatic rings. The van der Waals surface area contributed by atoms with Crippen LogP contribution in [0.15, 0.2) is 22.8 Å². The second-order valence-corrected chi connectivity index (χ2v) is 6.40. The van der Waals surface area contributed by atoms with E-state index in [0.717, 1.165) is 16.8 Å². The number of esters is 1. The molecule has 2 aromatic rings. The molecule has 1 atom stereocenters. The zero-order valence-electron chi connectivity index (χ0n) is 13.9. The third kappa shape index (κ3) is 2.71. The highest BCUT2D eigenvalue weighted by molar-refractivity contribution is 6.07. The number of ketones is 1. The molecule has 0 fully saturated rings. The van der Waals surface area contributed by atoms with Crippen molar-refractivity contribution in [2.24, 2.45) is 0 Å². The maximum atomic E-state index is 12.7. The monoisotopic (exact) mass is 315 g/mol. The van der Waals surface area contributed by atoms with Crippen LogP contribution < -0.4 is 0 Å². The first-order valence-corrected chi connectivity index (χ1v) is 7.89. The molecule has 0 aromatic carbocycles. The van der Waals surface area contributed by atoms with Gasteiger partial charge in [0.05, 0.1) is 24.0 Å². The molecule has 0 saturated heterocycles. The summed E-state index contributed by atoms with van der Waals surface area (Å²) in [4.78, 5) is 25.0. The molecular weight excluding hydrogens is 294 g/mol. The summed E-state index contributed by atoms with van der Waals surface area (Å²) in [6.45, 7) is 8.09. The average Bonchev–Trinajstić information content (AvgIpc) is 3.12. The fourth-order valence-electron chi connectivity index (χ4n) is 3.17. The van der Waals surface area contributed by atoms with Crippen molar-refractivity contribution in [3.05, 3.63) is 46.7 Å². The molecule has 1 aliphatic heterocycles. The van der Waals surface area contributed by atoms with E-state index in [9.17, 15) is 9.59 Å². The van der Waals surface area contributed by atoms with E-state index < -0.39 is 0 Å². The minimum Gasteiger partial charge on any atom is -0.462 e. The van der Waals surface area contributed by atoms with Gasteiger partial charge in [-0.25, -0.2) is 0 Å². The lowest BCUT2D eigenvalue weighted by atomic mass is 10.0. The van der Waals surface area contributed by atoms with Gasteiger partial charge in [-0.1, -0.05) is 0 Å². The van der Waals surface area contributed by atoms with Crippen molar-refractivity contribution < 1.29 is 18.7 Å². The summed E-state index contributed by atoms with van der Waals surface area (Å²) >= 11 is 0. The van der Waals surface area contributed by atoms with Gasteiger partial charge in [-0.05, 0) is 57.4 Å². The van der Waals surface area contributed by atoms with Gasteiger partial charge in [0.1, 0.15) is 0 Å². The van der Waals surface area contributed by atoms with Gasteiger partial charge in [-0.15, -0.1) is 0 Å². The van der Waals surface area contributed by atoms with Gasteiger partial charge in [0.15, 0.2) is 5.76 Å². The van der Waals surface area contributed by atoms with Crippen molar-refractivity contribution in [2.45, 2.75) is 52.7 Å². The first-order valence-electron chi connectivity index (χ1n) is 7.89. The third-order valence-electron chi connectivity index (χ3n) is 4.12. The number of carbonyl (C=O) groups excluding carboxylic acids is 2. The van der Waals surface area contributed by atoms with Crippen LogP contribution in [0, 0.1) is 13.8 Å². The van der Waals surface area contributed by atoms with E-state index in [0.29, 0.717) is 24.4 Å². The van der Waals surface area contributed by atoms with Crippen LogP contribution in [-0.2, 0) is 16.1 Å². The number of aryl methyl sites for hydroxylation is 2. The lowest BCUT2D eigenvalue weighted by Gasteiger charge is -2.12. The van der Waals surface area contributed by atoms with Gasteiger partial charge < -0.3 is 13.7 Å². The highest BCUT2D eigenvalue weighted by Gasteiger charge is 2.35. The van der Waals surface area contributed by atoms with E-state index in [1.165, 1.54) is 0 Å². The molecular formula is C18H21NO4. The van der Waals surface area contributed by atoms with Crippen molar-refractivity contribution in [1.82, 2.24) is 4.57 Å². The molecule has 5 heteroatoms. The van der Waals surface area contributed by atoms with Crippen LogP contribution in [0.1, 0.15) is 59.3 Å². The number of fused-ring (bicyclic) bond motifs is 1. The summed E-state index contributed by atoms with van der Waals surface area (Å²) in [6.07, 6.45) is 2.09. The summed E-state index contributed by atoms with van der Waals surface area (Å²) in [5, 5.41) is 0. The Morgan fingerprint density at radius 2 is 2.04 bits per heavy atom. The topological polar surface area (TPSA) is 61.4 Å². The summed E-state index contributed by atoms with van der Waals surface area (Å²) in [5.41, 5.74) is 3.24. The molecule has 5 nitrogen and oxygen atoms in total. The Labute approximate surface area is 135 Å². The Morgan fingerprint density at radius 3 is 2.65 bits per heavy atom. The Kier molecular flexibility index (Phi) is 3.88. The second-order valence-electron chi connectivity index (χ2n) is 6.40. The van der Waals surface area contributed by atoms with Gasteiger partial charge in [0.25, 0.3) is 0 Å². The van der Waals surface area contributed by atoms with Crippen molar-refractivity contribution in [1.29, 1.82) is 0 Å². The Hall–Kier alpha value is -2.30. The van der Waals surface area contributed by atoms with Crippen LogP contribution in [0.4, 0.5) is 0 Å². The number of hydrogen-bond donors (Lipinski definition) is 0. The standard InChI is InChI=1S/C18H21NO4/c1-10(2)23-18(21)13-5-6-19-14(13)8-12(4)16(19)17(20)15-7-11(3)9-22-15/h7-10,13H,5-6H2,1-4H3. The molecule has 1 unspecified atom stereocenters. The first kappa shape index (κ1) is 15.6. The third-order valence-corrected chi connectivity index (χ3v) is 4.12. The van der Waals surface area contributed by atoms with Crippen LogP contribution in [0.2, 0.25) is 0 Å². The van der Waals surface area contributed by atoms with Crippen LogP contribution in [0.3, 0.4) is 0 Å². The van der Waals surface area contributed by atoms with Gasteiger partial charge >= 0.3 is 5.97 Å². The quantitative estimate of drug-likeness (QED) is 0.641. The van der Waals surface area contributed by atoms with Crippen LogP contribution in [0.25, 0.3) is 0 Å². The molecule has 0 aliphatic carbocycles. The molecule has 0 spiro atoms. The maximum absolute atomic E-state index is 12.7. The molecule has 3 rings (SSSR count). The molecule has 23 heavy (non-hydrogen) atoms. The van der Waals surface area contributed by atoms with Crippen LogP contribution in [0.5, 0.6) is 0 Å². The van der Waals surface area contributed by atoms with Crippen LogP contribution in [-0.4, -0.2) is 22.4 Å². The number of rotatable bonds is 4. The molecule has 122 valence electrons. The van der Waals surface area contributed by atoms with Crippen molar-refractivity contribution in [2.75, 3.05) is 0 Å². The van der Waals surface area contributed by atoms with Gasteiger partial charge in [0.2, 0.25) is 5.78 Å². The van der Waals surface area contributed by atoms with E-state index in [4.69, 9.17) is 9.15 Å². The first-order chi connectivity index (χ1) is 10.9. The summed E-state index contributed by atoms with van der Waals surface area (Å²) < 4.78 is 12.6. The number of furan rings is 1. The molecule has 0 amide bonds. The smallest absolute Gasteiger partial charge is 0.315 e. The predicted octanol–water partition coefficient (Wildman–Crippen LogP) is 3.37. The largest absolute Gasteiger partial charge is 0.462 e. The van der Waals surface area contributed by atoms with Crippen molar-refractivity contribution >= 4 is 11.8 Å². The molecule has 0 saturated carbocycles. The average molecular weight is 315 g/mol. The van der Waals surface area contributed by atoms with Gasteiger partial charge in [0, 0.05) is 12.2 Å². The van der Waals surface area contributed by atoms with E-state index in [-0.39, 0.29) is 23.8 Å². The van der Waals surface area contributed by atoms with Crippen molar-refractivity contribution in [3.63, 3.8) is 0 Å². The van der Waals surface area contributed by atoms with Crippen LogP contribution >= 0.6 is 0 Å². The molecule has 0 radical (unpaired) electrons. The maximum Gasteiger partial charge on any atom is 0.315 e. The van der Waals surface area contributed by atoms with Crippen molar-refractivity contribution in [3.8, 4) is 0 Å². The molecule has 0 bridgehead atoms. The van der Waals surface area contributed by atoms with E-state index in [2.05, 4.69) is 0 Å². The summed E-state index contributed by atoms with van der Waals surface area (Å²) in [7, 11) is 0. The lowest BCUT2D eigenvalue weighted by molar-refractivity contribution is -0.149. The minimum absolute atomic E-state index is 0.139. The number of ether oxygens (including phenoxy) is 1. The Balaban J connectivity index is 1.94. The number of hydrogen-bond acceptors (Lipinski definition) is 4. The summed E-state index contributed by atoms with van der Waals surface area (Å²) in [6, 6.07) is 3.66. The highest BCUT2D eigenvalue weighted by atomic mass is 16.5. The number of aromatic nitrogens is 1. The molecule has 3 heterocycles. The Morgan fingerprint density at radius 1 is 1.30 bits per heavy atom.